The number of fused-ring (bicyclic) bond motifs is 1. The van der Waals surface area contributed by atoms with E-state index in [4.69, 9.17) is 4.74 Å². The van der Waals surface area contributed by atoms with Gasteiger partial charge in [0.05, 0.1) is 12.6 Å². The highest BCUT2D eigenvalue weighted by molar-refractivity contribution is 5.79. The van der Waals surface area contributed by atoms with Crippen molar-refractivity contribution in [1.29, 1.82) is 0 Å². The number of carbonyl (C=O) groups excluding carboxylic acids is 1. The standard InChI is InChI=1S/C26H36N6O3/c1-4-9-23(25-28-29-30-32(25)17-24(33)35-5-2)31(21-10-7-6-8-11-21)16-20-15-19-14-18(3)12-13-22(19)27-26(20)34/h12-15,21,23H,4-11,16-17H2,1-3H3,(H,27,34)/t23-/m0/s1. The van der Waals surface area contributed by atoms with Gasteiger partial charge in [0.1, 0.15) is 6.54 Å². The molecule has 4 rings (SSSR count). The Labute approximate surface area is 205 Å². The predicted octanol–water partition coefficient (Wildman–Crippen LogP) is 4.06. The number of benzene rings is 1. The minimum Gasteiger partial charge on any atom is -0.465 e. The lowest BCUT2D eigenvalue weighted by atomic mass is 9.91. The number of esters is 1. The fourth-order valence-electron chi connectivity index (χ4n) is 5.20. The maximum atomic E-state index is 13.1. The van der Waals surface area contributed by atoms with E-state index < -0.39 is 0 Å². The van der Waals surface area contributed by atoms with Crippen LogP contribution in [0.2, 0.25) is 0 Å². The Hall–Kier alpha value is -3.07. The van der Waals surface area contributed by atoms with Gasteiger partial charge in [-0.2, -0.15) is 0 Å². The van der Waals surface area contributed by atoms with Crippen molar-refractivity contribution in [3.63, 3.8) is 0 Å². The van der Waals surface area contributed by atoms with Gasteiger partial charge >= 0.3 is 5.97 Å². The van der Waals surface area contributed by atoms with Gasteiger partial charge in [-0.05, 0) is 67.1 Å². The van der Waals surface area contributed by atoms with E-state index in [2.05, 4.69) is 45.3 Å². The molecule has 1 N–H and O–H groups in total. The summed E-state index contributed by atoms with van der Waals surface area (Å²) in [6.45, 7) is 6.76. The molecule has 1 atom stereocenters. The van der Waals surface area contributed by atoms with E-state index in [1.165, 1.54) is 19.3 Å². The topological polar surface area (TPSA) is 106 Å². The molecule has 0 aliphatic heterocycles. The first-order chi connectivity index (χ1) is 17.0. The predicted molar refractivity (Wildman–Crippen MR) is 134 cm³/mol. The summed E-state index contributed by atoms with van der Waals surface area (Å²) in [7, 11) is 0. The molecule has 0 spiro atoms. The number of ether oxygens (including phenoxy) is 1. The van der Waals surface area contributed by atoms with Crippen molar-refractivity contribution in [1.82, 2.24) is 30.1 Å². The molecule has 2 aromatic heterocycles. The van der Waals surface area contributed by atoms with E-state index in [1.54, 1.807) is 11.6 Å². The Morgan fingerprint density at radius 2 is 2.03 bits per heavy atom. The van der Waals surface area contributed by atoms with Crippen molar-refractivity contribution >= 4 is 16.9 Å². The lowest BCUT2D eigenvalue weighted by molar-refractivity contribution is -0.144. The second kappa shape index (κ2) is 11.6. The van der Waals surface area contributed by atoms with Crippen molar-refractivity contribution in [3.05, 3.63) is 51.6 Å². The fraction of sp³-hybridized carbons (Fsp3) is 0.577. The first-order valence-electron chi connectivity index (χ1n) is 12.8. The molecule has 35 heavy (non-hydrogen) atoms. The molecule has 9 nitrogen and oxygen atoms in total. The van der Waals surface area contributed by atoms with Gasteiger partial charge in [-0.15, -0.1) is 5.10 Å². The lowest BCUT2D eigenvalue weighted by Crippen LogP contribution is -2.41. The van der Waals surface area contributed by atoms with Crippen molar-refractivity contribution in [3.8, 4) is 0 Å². The average molecular weight is 481 g/mol. The summed E-state index contributed by atoms with van der Waals surface area (Å²) in [6, 6.07) is 8.29. The van der Waals surface area contributed by atoms with E-state index in [1.807, 2.05) is 18.2 Å². The molecule has 188 valence electrons. The Kier molecular flexibility index (Phi) is 8.28. The highest BCUT2D eigenvalue weighted by Gasteiger charge is 2.33. The third-order valence-electron chi connectivity index (χ3n) is 6.88. The number of aryl methyl sites for hydroxylation is 1. The lowest BCUT2D eigenvalue weighted by Gasteiger charge is -2.39. The number of nitrogens with one attached hydrogen (secondary N) is 1. The summed E-state index contributed by atoms with van der Waals surface area (Å²) in [6.07, 6.45) is 7.47. The molecular weight excluding hydrogens is 444 g/mol. The van der Waals surface area contributed by atoms with Crippen LogP contribution in [0, 0.1) is 6.92 Å². The van der Waals surface area contributed by atoms with Gasteiger partial charge in [0.15, 0.2) is 5.82 Å². The number of hydrogen-bond donors (Lipinski definition) is 1. The number of hydrogen-bond acceptors (Lipinski definition) is 7. The van der Waals surface area contributed by atoms with Crippen LogP contribution in [-0.4, -0.2) is 48.7 Å². The SMILES string of the molecule is CCC[C@@H](c1nnnn1CC(=O)OCC)N(Cc1cc2cc(C)ccc2[nH]c1=O)C1CCCCC1. The second-order valence-electron chi connectivity index (χ2n) is 9.48. The molecule has 1 saturated carbocycles. The van der Waals surface area contributed by atoms with Gasteiger partial charge in [0.2, 0.25) is 0 Å². The third kappa shape index (κ3) is 5.96. The zero-order valence-electron chi connectivity index (χ0n) is 21.0. The monoisotopic (exact) mass is 480 g/mol. The zero-order valence-corrected chi connectivity index (χ0v) is 21.0. The first-order valence-corrected chi connectivity index (χ1v) is 12.8. The van der Waals surface area contributed by atoms with Crippen LogP contribution in [0.15, 0.2) is 29.1 Å². The van der Waals surface area contributed by atoms with Crippen molar-refractivity contribution in [2.75, 3.05) is 6.61 Å². The number of aromatic nitrogens is 5. The summed E-state index contributed by atoms with van der Waals surface area (Å²) in [5.41, 5.74) is 2.67. The number of carbonyl (C=O) groups is 1. The van der Waals surface area contributed by atoms with E-state index in [-0.39, 0.29) is 24.1 Å². The Morgan fingerprint density at radius 1 is 1.23 bits per heavy atom. The fourth-order valence-corrected chi connectivity index (χ4v) is 5.20. The molecule has 2 heterocycles. The van der Waals surface area contributed by atoms with Gasteiger partial charge < -0.3 is 9.72 Å². The molecule has 1 fully saturated rings. The molecule has 0 unspecified atom stereocenters. The molecule has 0 amide bonds. The maximum absolute atomic E-state index is 13.1. The Morgan fingerprint density at radius 3 is 2.77 bits per heavy atom. The minimum absolute atomic E-state index is 0.0231. The normalized spacial score (nSPS) is 15.5. The largest absolute Gasteiger partial charge is 0.465 e. The summed E-state index contributed by atoms with van der Waals surface area (Å²) < 4.78 is 6.69. The number of tetrazole rings is 1. The second-order valence-corrected chi connectivity index (χ2v) is 9.48. The van der Waals surface area contributed by atoms with Crippen LogP contribution in [0.4, 0.5) is 0 Å². The molecule has 0 saturated heterocycles. The molecule has 0 radical (unpaired) electrons. The van der Waals surface area contributed by atoms with Gasteiger partial charge in [-0.1, -0.05) is 44.2 Å². The number of rotatable bonds is 10. The molecular formula is C26H36N6O3. The molecule has 9 heteroatoms. The van der Waals surface area contributed by atoms with Crippen LogP contribution in [-0.2, 0) is 22.6 Å². The van der Waals surface area contributed by atoms with Crippen LogP contribution in [0.5, 0.6) is 0 Å². The first kappa shape index (κ1) is 25.0. The molecule has 1 aliphatic carbocycles. The van der Waals surface area contributed by atoms with Crippen LogP contribution in [0.25, 0.3) is 10.9 Å². The number of H-pyrrole nitrogens is 1. The molecule has 0 bridgehead atoms. The summed E-state index contributed by atoms with van der Waals surface area (Å²) >= 11 is 0. The Balaban J connectivity index is 1.72. The van der Waals surface area contributed by atoms with Gasteiger partial charge in [0, 0.05) is 23.7 Å². The third-order valence-corrected chi connectivity index (χ3v) is 6.88. The summed E-state index contributed by atoms with van der Waals surface area (Å²) in [5, 5.41) is 13.4. The van der Waals surface area contributed by atoms with Gasteiger partial charge in [-0.25, -0.2) is 4.68 Å². The van der Waals surface area contributed by atoms with Crippen LogP contribution in [0.1, 0.15) is 81.8 Å². The number of pyridine rings is 1. The van der Waals surface area contributed by atoms with E-state index in [9.17, 15) is 9.59 Å². The summed E-state index contributed by atoms with van der Waals surface area (Å²) in [4.78, 5) is 30.8. The maximum Gasteiger partial charge on any atom is 0.327 e. The minimum atomic E-state index is -0.359. The number of nitrogens with zero attached hydrogens (tertiary/aromatic N) is 5. The summed E-state index contributed by atoms with van der Waals surface area (Å²) in [5.74, 6) is 0.292. The quantitative estimate of drug-likeness (QED) is 0.436. The van der Waals surface area contributed by atoms with Crippen molar-refractivity contribution in [2.24, 2.45) is 0 Å². The van der Waals surface area contributed by atoms with Crippen LogP contribution >= 0.6 is 0 Å². The molecule has 1 aromatic carbocycles. The smallest absolute Gasteiger partial charge is 0.327 e. The van der Waals surface area contributed by atoms with Crippen LogP contribution < -0.4 is 5.56 Å². The average Bonchev–Trinajstić information content (AvgIpc) is 3.30. The molecule has 3 aromatic rings. The van der Waals surface area contributed by atoms with Crippen molar-refractivity contribution in [2.45, 2.75) is 90.9 Å². The van der Waals surface area contributed by atoms with Gasteiger partial charge in [-0.3, -0.25) is 14.5 Å². The van der Waals surface area contributed by atoms with E-state index in [0.29, 0.717) is 25.0 Å². The number of aromatic amines is 1. The highest BCUT2D eigenvalue weighted by Crippen LogP contribution is 2.33. The highest BCUT2D eigenvalue weighted by atomic mass is 16.5. The van der Waals surface area contributed by atoms with E-state index >= 15 is 0 Å². The molecule has 1 aliphatic rings. The van der Waals surface area contributed by atoms with E-state index in [0.717, 1.165) is 47.7 Å². The Bertz CT molecular complexity index is 1200. The zero-order chi connectivity index (χ0) is 24.8. The van der Waals surface area contributed by atoms with Crippen LogP contribution in [0.3, 0.4) is 0 Å². The van der Waals surface area contributed by atoms with Gasteiger partial charge in [0.25, 0.3) is 5.56 Å². The van der Waals surface area contributed by atoms with Crippen molar-refractivity contribution < 1.29 is 9.53 Å².